The minimum Gasteiger partial charge on any atom is -0.497 e. The summed E-state index contributed by atoms with van der Waals surface area (Å²) in [5.41, 5.74) is 4.55. The number of aromatic nitrogens is 2. The molecule has 7 heteroatoms. The van der Waals surface area contributed by atoms with Crippen LogP contribution in [0.25, 0.3) is 11.0 Å². The molecule has 0 atom stereocenters. The summed E-state index contributed by atoms with van der Waals surface area (Å²) in [6, 6.07) is 18.9. The Balaban J connectivity index is 1.64. The van der Waals surface area contributed by atoms with E-state index in [0.717, 1.165) is 22.8 Å². The van der Waals surface area contributed by atoms with Crippen molar-refractivity contribution in [3.8, 4) is 5.75 Å². The van der Waals surface area contributed by atoms with Crippen molar-refractivity contribution < 1.29 is 18.7 Å². The van der Waals surface area contributed by atoms with Gasteiger partial charge in [0.15, 0.2) is 5.16 Å². The normalized spacial score (nSPS) is 11.1. The van der Waals surface area contributed by atoms with E-state index < -0.39 is 0 Å². The van der Waals surface area contributed by atoms with E-state index in [4.69, 9.17) is 14.5 Å². The first-order valence-corrected chi connectivity index (χ1v) is 12.2. The van der Waals surface area contributed by atoms with Crippen LogP contribution in [0, 0.1) is 12.7 Å². The zero-order chi connectivity index (χ0) is 24.1. The number of carbonyl (C=O) groups is 1. The molecule has 34 heavy (non-hydrogen) atoms. The molecule has 4 rings (SSSR count). The van der Waals surface area contributed by atoms with Crippen molar-refractivity contribution in [2.45, 2.75) is 37.7 Å². The van der Waals surface area contributed by atoms with Gasteiger partial charge in [-0.15, -0.1) is 0 Å². The quantitative estimate of drug-likeness (QED) is 0.212. The number of nitrogens with zero attached hydrogens (tertiary/aromatic N) is 2. The first kappa shape index (κ1) is 23.8. The monoisotopic (exact) mass is 478 g/mol. The van der Waals surface area contributed by atoms with Gasteiger partial charge in [-0.05, 0) is 67.3 Å². The topological polar surface area (TPSA) is 53.3 Å². The van der Waals surface area contributed by atoms with Gasteiger partial charge in [0.2, 0.25) is 0 Å². The van der Waals surface area contributed by atoms with E-state index in [1.165, 1.54) is 17.3 Å². The van der Waals surface area contributed by atoms with Crippen LogP contribution < -0.4 is 4.74 Å². The van der Waals surface area contributed by atoms with Gasteiger partial charge in [-0.3, -0.25) is 0 Å². The van der Waals surface area contributed by atoms with E-state index in [-0.39, 0.29) is 11.8 Å². The number of hydrogen-bond donors (Lipinski definition) is 0. The molecular formula is C27H27FN2O3S. The Morgan fingerprint density at radius 3 is 2.65 bits per heavy atom. The molecule has 176 valence electrons. The van der Waals surface area contributed by atoms with Crippen LogP contribution in [0.3, 0.4) is 0 Å². The highest BCUT2D eigenvalue weighted by molar-refractivity contribution is 7.98. The van der Waals surface area contributed by atoms with E-state index in [9.17, 15) is 9.18 Å². The second-order valence-electron chi connectivity index (χ2n) is 7.90. The zero-order valence-corrected chi connectivity index (χ0v) is 20.3. The summed E-state index contributed by atoms with van der Waals surface area (Å²) in [5.74, 6) is 0.734. The Hall–Kier alpha value is -3.32. The Kier molecular flexibility index (Phi) is 7.53. The maximum Gasteiger partial charge on any atom is 0.338 e. The Labute approximate surface area is 202 Å². The average molecular weight is 479 g/mol. The molecule has 4 aromatic rings. The molecular weight excluding hydrogens is 451 g/mol. The van der Waals surface area contributed by atoms with Crippen molar-refractivity contribution >= 4 is 28.8 Å². The number of hydrogen-bond acceptors (Lipinski definition) is 5. The maximum atomic E-state index is 14.6. The lowest BCUT2D eigenvalue weighted by molar-refractivity contribution is 0.0526. The number of methoxy groups -OCH3 is 1. The van der Waals surface area contributed by atoms with Gasteiger partial charge in [-0.2, -0.15) is 0 Å². The minimum absolute atomic E-state index is 0.180. The number of aryl methyl sites for hydroxylation is 3. The number of fused-ring (bicyclic) bond motifs is 1. The largest absolute Gasteiger partial charge is 0.497 e. The van der Waals surface area contributed by atoms with Crippen LogP contribution in [0.1, 0.15) is 34.0 Å². The van der Waals surface area contributed by atoms with E-state index in [0.29, 0.717) is 41.1 Å². The molecule has 0 N–H and O–H groups in total. The second kappa shape index (κ2) is 10.7. The molecule has 0 bridgehead atoms. The van der Waals surface area contributed by atoms with Gasteiger partial charge in [0.25, 0.3) is 0 Å². The van der Waals surface area contributed by atoms with Gasteiger partial charge < -0.3 is 14.0 Å². The number of halogens is 1. The van der Waals surface area contributed by atoms with Gasteiger partial charge in [-0.1, -0.05) is 42.1 Å². The van der Waals surface area contributed by atoms with Gasteiger partial charge in [0.1, 0.15) is 11.6 Å². The molecule has 0 amide bonds. The van der Waals surface area contributed by atoms with Crippen molar-refractivity contribution in [1.29, 1.82) is 0 Å². The summed E-state index contributed by atoms with van der Waals surface area (Å²) < 4.78 is 27.1. The van der Waals surface area contributed by atoms with Crippen LogP contribution >= 0.6 is 11.8 Å². The zero-order valence-electron chi connectivity index (χ0n) is 19.5. The number of thioether (sulfide) groups is 1. The van der Waals surface area contributed by atoms with Crippen molar-refractivity contribution in [2.75, 3.05) is 13.7 Å². The third-order valence-corrected chi connectivity index (χ3v) is 6.66. The molecule has 5 nitrogen and oxygen atoms in total. The standard InChI is InChI=1S/C27H27FN2O3S/c1-4-33-26(31)20-10-13-24-23(16-20)29-27(34-17-21-7-5-6-18(2)25(21)28)30(24)15-14-19-8-11-22(32-3)12-9-19/h5-13,16H,4,14-15,17H2,1-3H3. The van der Waals surface area contributed by atoms with Crippen LogP contribution in [0.5, 0.6) is 5.75 Å². The highest BCUT2D eigenvalue weighted by atomic mass is 32.2. The fraction of sp³-hybridized carbons (Fsp3) is 0.259. The van der Waals surface area contributed by atoms with E-state index in [1.807, 2.05) is 36.4 Å². The molecule has 0 unspecified atom stereocenters. The average Bonchev–Trinajstić information content (AvgIpc) is 3.20. The first-order valence-electron chi connectivity index (χ1n) is 11.2. The highest BCUT2D eigenvalue weighted by Gasteiger charge is 2.16. The Morgan fingerprint density at radius 2 is 1.91 bits per heavy atom. The SMILES string of the molecule is CCOC(=O)c1ccc2c(c1)nc(SCc1cccc(C)c1F)n2CCc1ccc(OC)cc1. The fourth-order valence-electron chi connectivity index (χ4n) is 3.77. The predicted octanol–water partition coefficient (Wildman–Crippen LogP) is 6.20. The van der Waals surface area contributed by atoms with Gasteiger partial charge in [0.05, 0.1) is 30.3 Å². The smallest absolute Gasteiger partial charge is 0.338 e. The molecule has 3 aromatic carbocycles. The maximum absolute atomic E-state index is 14.6. The highest BCUT2D eigenvalue weighted by Crippen LogP contribution is 2.29. The molecule has 0 aliphatic heterocycles. The number of esters is 1. The summed E-state index contributed by atoms with van der Waals surface area (Å²) >= 11 is 1.49. The molecule has 0 saturated carbocycles. The molecule has 0 spiro atoms. The molecule has 0 saturated heterocycles. The minimum atomic E-state index is -0.367. The molecule has 0 radical (unpaired) electrons. The molecule has 1 aromatic heterocycles. The van der Waals surface area contributed by atoms with E-state index in [2.05, 4.69) is 4.57 Å². The fourth-order valence-corrected chi connectivity index (χ4v) is 4.79. The first-order chi connectivity index (χ1) is 16.5. The molecule has 0 aliphatic rings. The van der Waals surface area contributed by atoms with E-state index in [1.54, 1.807) is 45.2 Å². The van der Waals surface area contributed by atoms with Crippen LogP contribution in [0.2, 0.25) is 0 Å². The lowest BCUT2D eigenvalue weighted by Gasteiger charge is -2.11. The van der Waals surface area contributed by atoms with Crippen LogP contribution in [0.4, 0.5) is 4.39 Å². The van der Waals surface area contributed by atoms with Crippen molar-refractivity contribution in [1.82, 2.24) is 9.55 Å². The molecule has 1 heterocycles. The van der Waals surface area contributed by atoms with E-state index >= 15 is 0 Å². The number of carbonyl (C=O) groups excluding carboxylic acids is 1. The third-order valence-electron chi connectivity index (χ3n) is 5.64. The molecule has 0 fully saturated rings. The summed E-state index contributed by atoms with van der Waals surface area (Å²) in [4.78, 5) is 17.0. The Bertz CT molecular complexity index is 1300. The number of benzene rings is 3. The summed E-state index contributed by atoms with van der Waals surface area (Å²) in [6.45, 7) is 4.56. The van der Waals surface area contributed by atoms with Gasteiger partial charge in [-0.25, -0.2) is 14.2 Å². The summed E-state index contributed by atoms with van der Waals surface area (Å²) in [6.07, 6.45) is 0.793. The third kappa shape index (κ3) is 5.25. The summed E-state index contributed by atoms with van der Waals surface area (Å²) in [5, 5.41) is 0.783. The van der Waals surface area contributed by atoms with Crippen LogP contribution in [-0.2, 0) is 23.5 Å². The van der Waals surface area contributed by atoms with Crippen molar-refractivity contribution in [3.63, 3.8) is 0 Å². The van der Waals surface area contributed by atoms with Crippen LogP contribution in [-0.4, -0.2) is 29.2 Å². The molecule has 0 aliphatic carbocycles. The van der Waals surface area contributed by atoms with Crippen molar-refractivity contribution in [2.24, 2.45) is 0 Å². The number of imidazole rings is 1. The number of ether oxygens (including phenoxy) is 2. The summed E-state index contributed by atoms with van der Waals surface area (Å²) in [7, 11) is 1.65. The lowest BCUT2D eigenvalue weighted by atomic mass is 10.1. The lowest BCUT2D eigenvalue weighted by Crippen LogP contribution is -2.05. The second-order valence-corrected chi connectivity index (χ2v) is 8.85. The van der Waals surface area contributed by atoms with Crippen molar-refractivity contribution in [3.05, 3.63) is 88.7 Å². The Morgan fingerprint density at radius 1 is 1.12 bits per heavy atom. The number of rotatable bonds is 9. The van der Waals surface area contributed by atoms with Gasteiger partial charge >= 0.3 is 5.97 Å². The predicted molar refractivity (Wildman–Crippen MR) is 133 cm³/mol. The van der Waals surface area contributed by atoms with Crippen LogP contribution in [0.15, 0.2) is 65.8 Å². The van der Waals surface area contributed by atoms with Gasteiger partial charge in [0, 0.05) is 12.3 Å².